The van der Waals surface area contributed by atoms with Crippen LogP contribution in [0, 0.1) is 5.92 Å². The van der Waals surface area contributed by atoms with Crippen molar-refractivity contribution in [2.75, 3.05) is 26.2 Å². The molecule has 1 saturated carbocycles. The molecule has 0 spiro atoms. The van der Waals surface area contributed by atoms with Crippen molar-refractivity contribution < 1.29 is 14.6 Å². The standard InChI is InChI=1S/C12H21NO3/c14-12(15)9-16-11-4-7-13(8-5-11)6-3-10-1-2-10/h10-11H,1-9H2,(H,14,15). The van der Waals surface area contributed by atoms with Crippen molar-refractivity contribution in [3.63, 3.8) is 0 Å². The molecule has 2 rings (SSSR count). The van der Waals surface area contributed by atoms with Crippen LogP contribution in [0.15, 0.2) is 0 Å². The monoisotopic (exact) mass is 227 g/mol. The van der Waals surface area contributed by atoms with E-state index in [2.05, 4.69) is 4.90 Å². The lowest BCUT2D eigenvalue weighted by Crippen LogP contribution is -2.38. The zero-order valence-corrected chi connectivity index (χ0v) is 9.73. The summed E-state index contributed by atoms with van der Waals surface area (Å²) in [6.07, 6.45) is 6.33. The fraction of sp³-hybridized carbons (Fsp3) is 0.917. The Morgan fingerprint density at radius 1 is 1.25 bits per heavy atom. The number of carboxylic acid groups (broad SMARTS) is 1. The molecule has 4 heteroatoms. The summed E-state index contributed by atoms with van der Waals surface area (Å²) in [6, 6.07) is 0. The van der Waals surface area contributed by atoms with Gasteiger partial charge in [0.25, 0.3) is 0 Å². The Morgan fingerprint density at radius 2 is 1.94 bits per heavy atom. The zero-order chi connectivity index (χ0) is 11.4. The van der Waals surface area contributed by atoms with Crippen molar-refractivity contribution in [2.45, 2.75) is 38.2 Å². The van der Waals surface area contributed by atoms with E-state index in [9.17, 15) is 4.79 Å². The highest BCUT2D eigenvalue weighted by Gasteiger charge is 2.24. The lowest BCUT2D eigenvalue weighted by Gasteiger charge is -2.31. The van der Waals surface area contributed by atoms with E-state index in [1.807, 2.05) is 0 Å². The molecular weight excluding hydrogens is 206 g/mol. The maximum Gasteiger partial charge on any atom is 0.329 e. The number of hydrogen-bond acceptors (Lipinski definition) is 3. The van der Waals surface area contributed by atoms with Crippen LogP contribution < -0.4 is 0 Å². The Morgan fingerprint density at radius 3 is 2.50 bits per heavy atom. The van der Waals surface area contributed by atoms with Gasteiger partial charge in [0, 0.05) is 13.1 Å². The number of rotatable bonds is 6. The van der Waals surface area contributed by atoms with Gasteiger partial charge in [-0.2, -0.15) is 0 Å². The Bertz CT molecular complexity index is 232. The van der Waals surface area contributed by atoms with Crippen LogP contribution in [0.3, 0.4) is 0 Å². The molecule has 1 aliphatic heterocycles. The summed E-state index contributed by atoms with van der Waals surface area (Å²) >= 11 is 0. The highest BCUT2D eigenvalue weighted by molar-refractivity contribution is 5.68. The van der Waals surface area contributed by atoms with Gasteiger partial charge < -0.3 is 14.7 Å². The number of carboxylic acids is 1. The quantitative estimate of drug-likeness (QED) is 0.744. The Kier molecular flexibility index (Phi) is 4.18. The first-order valence-electron chi connectivity index (χ1n) is 6.30. The smallest absolute Gasteiger partial charge is 0.329 e. The second kappa shape index (κ2) is 5.64. The fourth-order valence-corrected chi connectivity index (χ4v) is 2.26. The van der Waals surface area contributed by atoms with Crippen LogP contribution >= 0.6 is 0 Å². The molecule has 1 saturated heterocycles. The number of nitrogens with zero attached hydrogens (tertiary/aromatic N) is 1. The SMILES string of the molecule is O=C(O)COC1CCN(CCC2CC2)CC1. The number of carbonyl (C=O) groups is 1. The van der Waals surface area contributed by atoms with E-state index in [0.29, 0.717) is 0 Å². The van der Waals surface area contributed by atoms with Gasteiger partial charge in [-0.25, -0.2) is 4.79 Å². The van der Waals surface area contributed by atoms with Crippen LogP contribution in [-0.4, -0.2) is 48.3 Å². The van der Waals surface area contributed by atoms with Crippen LogP contribution in [0.1, 0.15) is 32.1 Å². The minimum absolute atomic E-state index is 0.146. The molecule has 16 heavy (non-hydrogen) atoms. The lowest BCUT2D eigenvalue weighted by atomic mass is 10.1. The van der Waals surface area contributed by atoms with Gasteiger partial charge in [-0.15, -0.1) is 0 Å². The van der Waals surface area contributed by atoms with E-state index < -0.39 is 5.97 Å². The molecule has 0 unspecified atom stereocenters. The van der Waals surface area contributed by atoms with Crippen molar-refractivity contribution in [2.24, 2.45) is 5.92 Å². The molecule has 0 amide bonds. The summed E-state index contributed by atoms with van der Waals surface area (Å²) in [5.74, 6) is 0.136. The van der Waals surface area contributed by atoms with Gasteiger partial charge in [-0.05, 0) is 31.7 Å². The van der Waals surface area contributed by atoms with Crippen LogP contribution in [0.25, 0.3) is 0 Å². The minimum atomic E-state index is -0.865. The maximum absolute atomic E-state index is 10.4. The average molecular weight is 227 g/mol. The molecule has 1 N–H and O–H groups in total. The average Bonchev–Trinajstić information content (AvgIpc) is 3.09. The third-order valence-corrected chi connectivity index (χ3v) is 3.53. The van der Waals surface area contributed by atoms with E-state index >= 15 is 0 Å². The van der Waals surface area contributed by atoms with Crippen molar-refractivity contribution in [3.8, 4) is 0 Å². The lowest BCUT2D eigenvalue weighted by molar-refractivity contribution is -0.145. The van der Waals surface area contributed by atoms with Crippen molar-refractivity contribution in [3.05, 3.63) is 0 Å². The predicted molar refractivity (Wildman–Crippen MR) is 60.4 cm³/mol. The molecule has 2 aliphatic rings. The first-order chi connectivity index (χ1) is 7.74. The summed E-state index contributed by atoms with van der Waals surface area (Å²) in [6.45, 7) is 3.21. The van der Waals surface area contributed by atoms with Crippen LogP contribution in [-0.2, 0) is 9.53 Å². The first-order valence-corrected chi connectivity index (χ1v) is 6.30. The van der Waals surface area contributed by atoms with Gasteiger partial charge >= 0.3 is 5.97 Å². The summed E-state index contributed by atoms with van der Waals surface area (Å²) < 4.78 is 5.30. The van der Waals surface area contributed by atoms with E-state index in [0.717, 1.165) is 31.8 Å². The molecule has 0 aromatic carbocycles. The summed E-state index contributed by atoms with van der Waals surface area (Å²) in [7, 11) is 0. The highest BCUT2D eigenvalue weighted by Crippen LogP contribution is 2.32. The normalized spacial score (nSPS) is 23.5. The van der Waals surface area contributed by atoms with E-state index in [1.54, 1.807) is 0 Å². The molecule has 1 aliphatic carbocycles. The number of piperidine rings is 1. The molecule has 0 radical (unpaired) electrons. The van der Waals surface area contributed by atoms with Gasteiger partial charge in [0.1, 0.15) is 6.61 Å². The molecule has 92 valence electrons. The molecule has 0 atom stereocenters. The molecule has 0 bridgehead atoms. The van der Waals surface area contributed by atoms with Crippen molar-refractivity contribution in [1.29, 1.82) is 0 Å². The molecule has 1 heterocycles. The third kappa shape index (κ3) is 4.10. The summed E-state index contributed by atoms with van der Waals surface area (Å²) in [5, 5.41) is 8.51. The third-order valence-electron chi connectivity index (χ3n) is 3.53. The molecule has 2 fully saturated rings. The fourth-order valence-electron chi connectivity index (χ4n) is 2.26. The van der Waals surface area contributed by atoms with Gasteiger partial charge in [0.2, 0.25) is 0 Å². The minimum Gasteiger partial charge on any atom is -0.480 e. The maximum atomic E-state index is 10.4. The van der Waals surface area contributed by atoms with Crippen LogP contribution in [0.5, 0.6) is 0 Å². The van der Waals surface area contributed by atoms with Gasteiger partial charge in [-0.1, -0.05) is 12.8 Å². The molecule has 0 aromatic heterocycles. The number of likely N-dealkylation sites (tertiary alicyclic amines) is 1. The number of aliphatic carboxylic acids is 1. The topological polar surface area (TPSA) is 49.8 Å². The summed E-state index contributed by atoms with van der Waals surface area (Å²) in [5.41, 5.74) is 0. The predicted octanol–water partition coefficient (Wildman–Crippen LogP) is 1.35. The van der Waals surface area contributed by atoms with E-state index in [4.69, 9.17) is 9.84 Å². The van der Waals surface area contributed by atoms with Crippen molar-refractivity contribution in [1.82, 2.24) is 4.90 Å². The second-order valence-corrected chi connectivity index (χ2v) is 4.98. The van der Waals surface area contributed by atoms with Gasteiger partial charge in [0.15, 0.2) is 0 Å². The molecular formula is C12H21NO3. The number of hydrogen-bond donors (Lipinski definition) is 1. The number of ether oxygens (including phenoxy) is 1. The highest BCUT2D eigenvalue weighted by atomic mass is 16.5. The van der Waals surface area contributed by atoms with Crippen LogP contribution in [0.4, 0.5) is 0 Å². The molecule has 4 nitrogen and oxygen atoms in total. The van der Waals surface area contributed by atoms with Gasteiger partial charge in [-0.3, -0.25) is 0 Å². The Labute approximate surface area is 96.6 Å². The van der Waals surface area contributed by atoms with Crippen molar-refractivity contribution >= 4 is 5.97 Å². The molecule has 0 aromatic rings. The largest absolute Gasteiger partial charge is 0.480 e. The van der Waals surface area contributed by atoms with Crippen LogP contribution in [0.2, 0.25) is 0 Å². The Hall–Kier alpha value is -0.610. The summed E-state index contributed by atoms with van der Waals surface area (Å²) in [4.78, 5) is 12.8. The van der Waals surface area contributed by atoms with E-state index in [1.165, 1.54) is 25.8 Å². The van der Waals surface area contributed by atoms with E-state index in [-0.39, 0.29) is 12.7 Å². The van der Waals surface area contributed by atoms with Gasteiger partial charge in [0.05, 0.1) is 6.10 Å². The first kappa shape index (κ1) is 11.9. The second-order valence-electron chi connectivity index (χ2n) is 4.98. The Balaban J connectivity index is 1.56. The zero-order valence-electron chi connectivity index (χ0n) is 9.73.